The van der Waals surface area contributed by atoms with Crippen molar-refractivity contribution in [1.82, 2.24) is 5.32 Å². The molecule has 0 amide bonds. The van der Waals surface area contributed by atoms with Crippen molar-refractivity contribution in [2.45, 2.75) is 12.3 Å². The van der Waals surface area contributed by atoms with E-state index in [-0.39, 0.29) is 13.2 Å². The molecule has 94 valence electrons. The lowest BCUT2D eigenvalue weighted by Gasteiger charge is -2.25. The molecule has 0 aromatic heterocycles. The van der Waals surface area contributed by atoms with Gasteiger partial charge in [-0.3, -0.25) is 0 Å². The normalized spacial score (nSPS) is 31.3. The Morgan fingerprint density at radius 3 is 2.19 bits per heavy atom. The maximum Gasteiger partial charge on any atom is 0.680 e. The maximum absolute atomic E-state index is 12.4. The molecule has 1 spiro atoms. The van der Waals surface area contributed by atoms with Crippen molar-refractivity contribution in [3.63, 3.8) is 0 Å². The lowest BCUT2D eigenvalue weighted by molar-refractivity contribution is -0.196. The summed E-state index contributed by atoms with van der Waals surface area (Å²) in [7, 11) is -3.53. The fourth-order valence-corrected chi connectivity index (χ4v) is 3.46. The van der Waals surface area contributed by atoms with Crippen LogP contribution in [0.1, 0.15) is 0 Å². The molecular weight excluding hydrogens is 247 g/mol. The molecule has 16 heavy (non-hydrogen) atoms. The number of halogens is 3. The monoisotopic (exact) mass is 259 g/mol. The minimum Gasteiger partial charge on any atom is -0.350 e. The van der Waals surface area contributed by atoms with Crippen LogP contribution in [-0.2, 0) is 17.7 Å². The van der Waals surface area contributed by atoms with Gasteiger partial charge < -0.3 is 23.0 Å². The van der Waals surface area contributed by atoms with E-state index in [4.69, 9.17) is 17.7 Å². The van der Waals surface area contributed by atoms with Crippen LogP contribution in [0.15, 0.2) is 0 Å². The molecule has 5 nitrogen and oxygen atoms in total. The van der Waals surface area contributed by atoms with Gasteiger partial charge in [-0.05, 0) is 0 Å². The molecule has 2 saturated heterocycles. The van der Waals surface area contributed by atoms with Gasteiger partial charge in [0, 0.05) is 13.1 Å². The summed E-state index contributed by atoms with van der Waals surface area (Å²) in [6.07, 6.45) is -6.38. The predicted molar refractivity (Wildman–Crippen MR) is 47.4 cm³/mol. The molecule has 0 aromatic rings. The Kier molecular flexibility index (Phi) is 3.52. The molecule has 1 unspecified atom stereocenters. The molecule has 0 aliphatic carbocycles. The van der Waals surface area contributed by atoms with Gasteiger partial charge in [0.05, 0.1) is 19.8 Å². The SMILES string of the molecule is FC(F)(F)C1CO[Si]2(OCCNCCO2)O1. The smallest absolute Gasteiger partial charge is 0.350 e. The predicted octanol–water partition coefficient (Wildman–Crippen LogP) is 0.0361. The lowest BCUT2D eigenvalue weighted by Crippen LogP contribution is -2.50. The third-order valence-corrected chi connectivity index (χ3v) is 4.39. The number of nitrogens with one attached hydrogen (secondary N) is 1. The molecule has 1 N–H and O–H groups in total. The van der Waals surface area contributed by atoms with E-state index in [1.54, 1.807) is 0 Å². The van der Waals surface area contributed by atoms with Crippen molar-refractivity contribution in [3.05, 3.63) is 0 Å². The van der Waals surface area contributed by atoms with Crippen molar-refractivity contribution in [3.8, 4) is 0 Å². The van der Waals surface area contributed by atoms with E-state index in [9.17, 15) is 13.2 Å². The average molecular weight is 259 g/mol. The molecule has 0 bridgehead atoms. The molecule has 2 heterocycles. The first-order chi connectivity index (χ1) is 7.52. The molecule has 2 fully saturated rings. The summed E-state index contributed by atoms with van der Waals surface area (Å²) in [5.74, 6) is 0. The molecule has 2 rings (SSSR count). The third kappa shape index (κ3) is 2.73. The Bertz CT molecular complexity index is 244. The van der Waals surface area contributed by atoms with E-state index >= 15 is 0 Å². The van der Waals surface area contributed by atoms with Crippen molar-refractivity contribution < 1.29 is 30.9 Å². The minimum absolute atomic E-state index is 0.219. The van der Waals surface area contributed by atoms with Crippen molar-refractivity contribution in [1.29, 1.82) is 0 Å². The zero-order chi connectivity index (χ0) is 11.6. The second kappa shape index (κ2) is 4.59. The third-order valence-electron chi connectivity index (χ3n) is 2.18. The Morgan fingerprint density at radius 1 is 1.06 bits per heavy atom. The van der Waals surface area contributed by atoms with Crippen LogP contribution in [0.5, 0.6) is 0 Å². The van der Waals surface area contributed by atoms with Gasteiger partial charge in [-0.2, -0.15) is 13.2 Å². The highest BCUT2D eigenvalue weighted by Crippen LogP contribution is 2.32. The minimum atomic E-state index is -4.44. The van der Waals surface area contributed by atoms with Gasteiger partial charge in [0.15, 0.2) is 6.10 Å². The van der Waals surface area contributed by atoms with E-state index in [1.807, 2.05) is 0 Å². The first kappa shape index (κ1) is 12.3. The highest BCUT2D eigenvalue weighted by molar-refractivity contribution is 6.54. The zero-order valence-electron chi connectivity index (χ0n) is 8.38. The Balaban J connectivity index is 1.98. The van der Waals surface area contributed by atoms with Gasteiger partial charge in [-0.15, -0.1) is 0 Å². The Labute approximate surface area is 91.3 Å². The van der Waals surface area contributed by atoms with Crippen LogP contribution in [-0.4, -0.2) is 54.2 Å². The zero-order valence-corrected chi connectivity index (χ0v) is 9.38. The standard InChI is InChI=1S/C7H12F3NO4Si/c8-7(9,10)6-5-14-16(15-6)12-3-1-11-2-4-13-16/h6,11H,1-5H2. The van der Waals surface area contributed by atoms with Gasteiger partial charge in [0.1, 0.15) is 0 Å². The molecule has 0 aromatic carbocycles. The van der Waals surface area contributed by atoms with Crippen LogP contribution < -0.4 is 5.32 Å². The molecule has 0 radical (unpaired) electrons. The molecule has 9 heteroatoms. The van der Waals surface area contributed by atoms with E-state index in [0.717, 1.165) is 0 Å². The van der Waals surface area contributed by atoms with Crippen LogP contribution in [0.4, 0.5) is 13.2 Å². The Morgan fingerprint density at radius 2 is 1.69 bits per heavy atom. The van der Waals surface area contributed by atoms with Crippen LogP contribution in [0.25, 0.3) is 0 Å². The second-order valence-corrected chi connectivity index (χ2v) is 5.51. The first-order valence-corrected chi connectivity index (χ1v) is 6.52. The summed E-state index contributed by atoms with van der Waals surface area (Å²) in [6.45, 7) is 0.972. The molecule has 0 saturated carbocycles. The summed E-state index contributed by atoms with van der Waals surface area (Å²) >= 11 is 0. The number of rotatable bonds is 0. The topological polar surface area (TPSA) is 49.0 Å². The van der Waals surface area contributed by atoms with E-state index < -0.39 is 27.9 Å². The second-order valence-electron chi connectivity index (χ2n) is 3.41. The van der Waals surface area contributed by atoms with E-state index in [0.29, 0.717) is 13.1 Å². The van der Waals surface area contributed by atoms with Crippen LogP contribution in [0, 0.1) is 0 Å². The van der Waals surface area contributed by atoms with Gasteiger partial charge in [0.25, 0.3) is 0 Å². The largest absolute Gasteiger partial charge is 0.680 e. The van der Waals surface area contributed by atoms with Gasteiger partial charge in [0.2, 0.25) is 0 Å². The highest BCUT2D eigenvalue weighted by Gasteiger charge is 2.60. The highest BCUT2D eigenvalue weighted by atomic mass is 28.4. The molecule has 2 aliphatic rings. The van der Waals surface area contributed by atoms with Crippen LogP contribution in [0.3, 0.4) is 0 Å². The van der Waals surface area contributed by atoms with Gasteiger partial charge >= 0.3 is 15.2 Å². The molecule has 2 aliphatic heterocycles. The van der Waals surface area contributed by atoms with E-state index in [1.165, 1.54) is 0 Å². The lowest BCUT2D eigenvalue weighted by atomic mass is 10.4. The summed E-state index contributed by atoms with van der Waals surface area (Å²) < 4.78 is 57.2. The van der Waals surface area contributed by atoms with Crippen molar-refractivity contribution in [2.75, 3.05) is 32.9 Å². The van der Waals surface area contributed by atoms with Gasteiger partial charge in [-0.1, -0.05) is 0 Å². The fraction of sp³-hybridized carbons (Fsp3) is 1.00. The summed E-state index contributed by atoms with van der Waals surface area (Å²) in [5, 5.41) is 2.97. The summed E-state index contributed by atoms with van der Waals surface area (Å²) in [5.41, 5.74) is 0. The van der Waals surface area contributed by atoms with Crippen LogP contribution >= 0.6 is 0 Å². The maximum atomic E-state index is 12.4. The summed E-state index contributed by atoms with van der Waals surface area (Å²) in [6, 6.07) is 0. The number of hydrogen-bond donors (Lipinski definition) is 1. The number of alkyl halides is 3. The summed E-state index contributed by atoms with van der Waals surface area (Å²) in [4.78, 5) is 0. The van der Waals surface area contributed by atoms with Gasteiger partial charge in [-0.25, -0.2) is 0 Å². The fourth-order valence-electron chi connectivity index (χ4n) is 1.40. The van der Waals surface area contributed by atoms with Crippen molar-refractivity contribution >= 4 is 9.05 Å². The quantitative estimate of drug-likeness (QED) is 0.622. The first-order valence-electron chi connectivity index (χ1n) is 4.89. The Hall–Kier alpha value is -0.193. The molecule has 1 atom stereocenters. The molecular formula is C7H12F3NO4Si. The average Bonchev–Trinajstić information content (AvgIpc) is 2.56. The van der Waals surface area contributed by atoms with Crippen LogP contribution in [0.2, 0.25) is 0 Å². The van der Waals surface area contributed by atoms with Crippen molar-refractivity contribution in [2.24, 2.45) is 0 Å². The number of hydrogen-bond acceptors (Lipinski definition) is 5. The van der Waals surface area contributed by atoms with E-state index in [2.05, 4.69) is 5.32 Å².